The lowest BCUT2D eigenvalue weighted by atomic mass is 10.2. The van der Waals surface area contributed by atoms with Gasteiger partial charge in [-0.05, 0) is 43.5 Å². The van der Waals surface area contributed by atoms with Crippen molar-refractivity contribution in [1.29, 1.82) is 0 Å². The summed E-state index contributed by atoms with van der Waals surface area (Å²) in [5, 5.41) is 6.55. The summed E-state index contributed by atoms with van der Waals surface area (Å²) in [5.41, 5.74) is 1.94. The van der Waals surface area contributed by atoms with E-state index < -0.39 is 10.0 Å². The second-order valence-electron chi connectivity index (χ2n) is 6.56. The van der Waals surface area contributed by atoms with Crippen LogP contribution in [0.25, 0.3) is 12.2 Å². The lowest BCUT2D eigenvalue weighted by molar-refractivity contribution is -0.114. The Kier molecular flexibility index (Phi) is 5.76. The molecule has 1 amide bonds. The molecule has 7 nitrogen and oxygen atoms in total. The second kappa shape index (κ2) is 8.06. The molecule has 2 heterocycles. The van der Waals surface area contributed by atoms with Crippen molar-refractivity contribution in [3.05, 3.63) is 41.3 Å². The highest BCUT2D eigenvalue weighted by Gasteiger charge is 2.25. The highest BCUT2D eigenvalue weighted by atomic mass is 32.2. The number of hydrogen-bond donors (Lipinski definition) is 1. The number of aryl methyl sites for hydroxylation is 1. The number of piperidine rings is 1. The third kappa shape index (κ3) is 4.45. The molecular formula is C19H23N3O4S. The van der Waals surface area contributed by atoms with Gasteiger partial charge in [0, 0.05) is 20.0 Å². The molecule has 1 saturated heterocycles. The van der Waals surface area contributed by atoms with Gasteiger partial charge in [0.1, 0.15) is 11.4 Å². The summed E-state index contributed by atoms with van der Waals surface area (Å²) >= 11 is 0. The average molecular weight is 389 g/mol. The van der Waals surface area contributed by atoms with Crippen LogP contribution in [0.1, 0.15) is 43.2 Å². The van der Waals surface area contributed by atoms with E-state index in [2.05, 4.69) is 10.5 Å². The predicted octanol–water partition coefficient (Wildman–Crippen LogP) is 3.29. The fraction of sp³-hybridized carbons (Fsp3) is 0.368. The topological polar surface area (TPSA) is 92.5 Å². The number of rotatable bonds is 5. The van der Waals surface area contributed by atoms with Crippen LogP contribution >= 0.6 is 0 Å². The number of anilines is 1. The lowest BCUT2D eigenvalue weighted by Gasteiger charge is -2.25. The van der Waals surface area contributed by atoms with E-state index in [1.807, 2.05) is 0 Å². The number of benzene rings is 1. The number of aromatic nitrogens is 1. The smallest absolute Gasteiger partial charge is 0.243 e. The van der Waals surface area contributed by atoms with E-state index in [9.17, 15) is 13.2 Å². The summed E-state index contributed by atoms with van der Waals surface area (Å²) < 4.78 is 32.1. The van der Waals surface area contributed by atoms with Gasteiger partial charge in [-0.3, -0.25) is 4.79 Å². The normalized spacial score (nSPS) is 15.9. The Balaban J connectivity index is 1.76. The first-order valence-electron chi connectivity index (χ1n) is 8.90. The largest absolute Gasteiger partial charge is 0.354 e. The number of nitrogens with one attached hydrogen (secondary N) is 1. The Labute approximate surface area is 159 Å². The lowest BCUT2D eigenvalue weighted by Crippen LogP contribution is -2.35. The molecule has 1 aliphatic rings. The van der Waals surface area contributed by atoms with E-state index in [4.69, 9.17) is 4.52 Å². The molecule has 27 heavy (non-hydrogen) atoms. The Morgan fingerprint density at radius 2 is 1.81 bits per heavy atom. The molecular weight excluding hydrogens is 366 g/mol. The third-order valence-corrected chi connectivity index (χ3v) is 6.36. The van der Waals surface area contributed by atoms with Crippen LogP contribution in [0.15, 0.2) is 33.7 Å². The van der Waals surface area contributed by atoms with Crippen molar-refractivity contribution in [2.75, 3.05) is 18.4 Å². The van der Waals surface area contributed by atoms with Crippen LogP contribution in [0.2, 0.25) is 0 Å². The van der Waals surface area contributed by atoms with Gasteiger partial charge in [-0.2, -0.15) is 4.31 Å². The first-order valence-corrected chi connectivity index (χ1v) is 10.3. The second-order valence-corrected chi connectivity index (χ2v) is 8.49. The molecule has 1 aromatic heterocycles. The molecule has 0 unspecified atom stereocenters. The van der Waals surface area contributed by atoms with Crippen molar-refractivity contribution in [3.63, 3.8) is 0 Å². The van der Waals surface area contributed by atoms with Crippen molar-refractivity contribution in [3.8, 4) is 0 Å². The van der Waals surface area contributed by atoms with Crippen molar-refractivity contribution in [1.82, 2.24) is 9.46 Å². The summed E-state index contributed by atoms with van der Waals surface area (Å²) in [6, 6.07) is 6.72. The Morgan fingerprint density at radius 1 is 1.15 bits per heavy atom. The molecule has 3 rings (SSSR count). The predicted molar refractivity (Wildman–Crippen MR) is 104 cm³/mol. The summed E-state index contributed by atoms with van der Waals surface area (Å²) in [6.07, 6.45) is 6.37. The van der Waals surface area contributed by atoms with Gasteiger partial charge in [-0.15, -0.1) is 0 Å². The maximum atomic E-state index is 12.7. The van der Waals surface area contributed by atoms with E-state index in [0.717, 1.165) is 24.8 Å². The summed E-state index contributed by atoms with van der Waals surface area (Å²) in [7, 11) is -3.43. The molecule has 0 atom stereocenters. The molecule has 1 N–H and O–H groups in total. The molecule has 0 radical (unpaired) electrons. The fourth-order valence-electron chi connectivity index (χ4n) is 3.01. The first-order chi connectivity index (χ1) is 12.9. The Hall–Kier alpha value is -2.45. The van der Waals surface area contributed by atoms with Crippen molar-refractivity contribution < 1.29 is 17.7 Å². The molecule has 1 fully saturated rings. The van der Waals surface area contributed by atoms with E-state index >= 15 is 0 Å². The van der Waals surface area contributed by atoms with Crippen LogP contribution in [-0.2, 0) is 14.8 Å². The number of nitrogens with zero attached hydrogens (tertiary/aromatic N) is 2. The van der Waals surface area contributed by atoms with Gasteiger partial charge < -0.3 is 9.84 Å². The van der Waals surface area contributed by atoms with E-state index in [0.29, 0.717) is 35.1 Å². The summed E-state index contributed by atoms with van der Waals surface area (Å²) in [5.74, 6) is 0.232. The average Bonchev–Trinajstić information content (AvgIpc) is 3.00. The molecule has 2 aromatic rings. The maximum absolute atomic E-state index is 12.7. The maximum Gasteiger partial charge on any atom is 0.243 e. The molecule has 0 saturated carbocycles. The molecule has 0 spiro atoms. The van der Waals surface area contributed by atoms with Crippen LogP contribution in [0.3, 0.4) is 0 Å². The highest BCUT2D eigenvalue weighted by Crippen LogP contribution is 2.24. The van der Waals surface area contributed by atoms with E-state index in [1.54, 1.807) is 47.6 Å². The van der Waals surface area contributed by atoms with E-state index in [-0.39, 0.29) is 5.91 Å². The van der Waals surface area contributed by atoms with Gasteiger partial charge in [0.05, 0.1) is 4.90 Å². The van der Waals surface area contributed by atoms with Gasteiger partial charge >= 0.3 is 0 Å². The molecule has 144 valence electrons. The van der Waals surface area contributed by atoms with E-state index in [1.165, 1.54) is 6.92 Å². The molecule has 1 aromatic carbocycles. The SMILES string of the molecule is CC(=O)Nc1c(C)noc1C=Cc1ccc(S(=O)(=O)N2CCCCC2)cc1. The van der Waals surface area contributed by atoms with Crippen LogP contribution in [0.5, 0.6) is 0 Å². The minimum absolute atomic E-state index is 0.205. The molecule has 8 heteroatoms. The van der Waals surface area contributed by atoms with Crippen molar-refractivity contribution in [2.45, 2.75) is 38.0 Å². The third-order valence-electron chi connectivity index (χ3n) is 4.45. The molecule has 0 bridgehead atoms. The van der Waals surface area contributed by atoms with Gasteiger partial charge in [-0.25, -0.2) is 8.42 Å². The minimum Gasteiger partial charge on any atom is -0.354 e. The Morgan fingerprint density at radius 3 is 2.44 bits per heavy atom. The highest BCUT2D eigenvalue weighted by molar-refractivity contribution is 7.89. The zero-order chi connectivity index (χ0) is 19.4. The zero-order valence-corrected chi connectivity index (χ0v) is 16.3. The molecule has 1 aliphatic heterocycles. The van der Waals surface area contributed by atoms with Gasteiger partial charge in [0.15, 0.2) is 5.76 Å². The van der Waals surface area contributed by atoms with Crippen LogP contribution in [0, 0.1) is 6.92 Å². The van der Waals surface area contributed by atoms with Crippen LogP contribution < -0.4 is 5.32 Å². The number of hydrogen-bond acceptors (Lipinski definition) is 5. The van der Waals surface area contributed by atoms with Gasteiger partial charge in [0.25, 0.3) is 0 Å². The number of carbonyl (C=O) groups is 1. The standard InChI is InChI=1S/C19H23N3O4S/c1-14-19(20-15(2)23)18(26-21-14)11-8-16-6-9-17(10-7-16)27(24,25)22-12-4-3-5-13-22/h6-11H,3-5,12-13H2,1-2H3,(H,20,23). The minimum atomic E-state index is -3.43. The van der Waals surface area contributed by atoms with Crippen LogP contribution in [-0.4, -0.2) is 36.9 Å². The van der Waals surface area contributed by atoms with Crippen molar-refractivity contribution in [2.24, 2.45) is 0 Å². The molecule has 0 aliphatic carbocycles. The number of amides is 1. The zero-order valence-electron chi connectivity index (χ0n) is 15.4. The monoisotopic (exact) mass is 389 g/mol. The number of carbonyl (C=O) groups excluding carboxylic acids is 1. The summed E-state index contributed by atoms with van der Waals surface area (Å²) in [4.78, 5) is 11.6. The quantitative estimate of drug-likeness (QED) is 0.847. The van der Waals surface area contributed by atoms with Crippen molar-refractivity contribution >= 4 is 33.8 Å². The van der Waals surface area contributed by atoms with Gasteiger partial charge in [0.2, 0.25) is 15.9 Å². The Bertz CT molecular complexity index is 940. The van der Waals surface area contributed by atoms with Crippen LogP contribution in [0.4, 0.5) is 5.69 Å². The fourth-order valence-corrected chi connectivity index (χ4v) is 4.52. The number of sulfonamides is 1. The van der Waals surface area contributed by atoms with Gasteiger partial charge in [-0.1, -0.05) is 29.8 Å². The first kappa shape index (κ1) is 19.3. The summed E-state index contributed by atoms with van der Waals surface area (Å²) in [6.45, 7) is 4.33.